The molecular weight excluding hydrogens is 194 g/mol. The van der Waals surface area contributed by atoms with Gasteiger partial charge in [0.05, 0.1) is 0 Å². The Kier molecular flexibility index (Phi) is 3.78. The summed E-state index contributed by atoms with van der Waals surface area (Å²) in [6.45, 7) is 4.10. The molecule has 1 aromatic carbocycles. The SMILES string of the molecule is C/C(=C\C=C/N)c1ccc(Cl)cc1C. The van der Waals surface area contributed by atoms with E-state index in [4.69, 9.17) is 17.3 Å². The van der Waals surface area contributed by atoms with E-state index in [2.05, 4.69) is 6.92 Å². The van der Waals surface area contributed by atoms with E-state index in [1.165, 1.54) is 22.9 Å². The second-order valence-corrected chi connectivity index (χ2v) is 3.63. The van der Waals surface area contributed by atoms with Crippen LogP contribution in [0.3, 0.4) is 0 Å². The predicted molar refractivity (Wildman–Crippen MR) is 63.2 cm³/mol. The van der Waals surface area contributed by atoms with Crippen LogP contribution in [0.2, 0.25) is 5.02 Å². The van der Waals surface area contributed by atoms with Gasteiger partial charge >= 0.3 is 0 Å². The molecule has 0 aromatic heterocycles. The topological polar surface area (TPSA) is 26.0 Å². The van der Waals surface area contributed by atoms with Crippen LogP contribution in [0.4, 0.5) is 0 Å². The standard InChI is InChI=1S/C12H14ClN/c1-9(4-3-7-14)12-6-5-11(13)8-10(12)2/h3-8H,14H2,1-2H3/b7-3-,9-4+. The molecule has 2 N–H and O–H groups in total. The molecule has 1 aromatic rings. The highest BCUT2D eigenvalue weighted by molar-refractivity contribution is 6.30. The fraction of sp³-hybridized carbons (Fsp3) is 0.167. The molecule has 0 aliphatic rings. The van der Waals surface area contributed by atoms with E-state index >= 15 is 0 Å². The van der Waals surface area contributed by atoms with Gasteiger partial charge in [0.25, 0.3) is 0 Å². The molecule has 2 heteroatoms. The van der Waals surface area contributed by atoms with Gasteiger partial charge in [-0.15, -0.1) is 0 Å². The highest BCUT2D eigenvalue weighted by Crippen LogP contribution is 2.21. The van der Waals surface area contributed by atoms with Crippen molar-refractivity contribution in [2.75, 3.05) is 0 Å². The smallest absolute Gasteiger partial charge is 0.0409 e. The van der Waals surface area contributed by atoms with Gasteiger partial charge < -0.3 is 5.73 Å². The number of benzene rings is 1. The lowest BCUT2D eigenvalue weighted by molar-refractivity contribution is 1.41. The first kappa shape index (κ1) is 10.9. The van der Waals surface area contributed by atoms with Gasteiger partial charge in [0.15, 0.2) is 0 Å². The molecule has 0 aliphatic heterocycles. The Balaban J connectivity index is 3.07. The molecule has 1 rings (SSSR count). The van der Waals surface area contributed by atoms with Gasteiger partial charge in [-0.1, -0.05) is 23.7 Å². The lowest BCUT2D eigenvalue weighted by Crippen LogP contribution is -1.85. The van der Waals surface area contributed by atoms with Crippen molar-refractivity contribution in [2.45, 2.75) is 13.8 Å². The molecule has 0 saturated carbocycles. The van der Waals surface area contributed by atoms with Gasteiger partial charge in [0, 0.05) is 5.02 Å². The van der Waals surface area contributed by atoms with Crippen molar-refractivity contribution in [2.24, 2.45) is 5.73 Å². The van der Waals surface area contributed by atoms with Gasteiger partial charge in [-0.05, 0) is 55.0 Å². The summed E-state index contributed by atoms with van der Waals surface area (Å²) in [6.07, 6.45) is 5.33. The Morgan fingerprint density at radius 2 is 2.14 bits per heavy atom. The maximum Gasteiger partial charge on any atom is 0.0409 e. The summed E-state index contributed by atoms with van der Waals surface area (Å²) in [7, 11) is 0. The maximum atomic E-state index is 5.87. The molecule has 0 radical (unpaired) electrons. The molecule has 0 unspecified atom stereocenters. The van der Waals surface area contributed by atoms with E-state index in [0.717, 1.165) is 5.02 Å². The number of aryl methyl sites for hydroxylation is 1. The highest BCUT2D eigenvalue weighted by Gasteiger charge is 1.99. The number of hydrogen-bond donors (Lipinski definition) is 1. The zero-order valence-electron chi connectivity index (χ0n) is 8.42. The van der Waals surface area contributed by atoms with E-state index < -0.39 is 0 Å². The zero-order chi connectivity index (χ0) is 10.6. The van der Waals surface area contributed by atoms with Crippen LogP contribution in [-0.4, -0.2) is 0 Å². The Hall–Kier alpha value is -1.21. The van der Waals surface area contributed by atoms with Crippen molar-refractivity contribution in [3.05, 3.63) is 52.7 Å². The Morgan fingerprint density at radius 3 is 2.71 bits per heavy atom. The van der Waals surface area contributed by atoms with Crippen LogP contribution in [0, 0.1) is 6.92 Å². The second-order valence-electron chi connectivity index (χ2n) is 3.19. The monoisotopic (exact) mass is 207 g/mol. The average molecular weight is 208 g/mol. The van der Waals surface area contributed by atoms with Crippen LogP contribution in [-0.2, 0) is 0 Å². The molecule has 0 heterocycles. The van der Waals surface area contributed by atoms with Crippen molar-refractivity contribution in [1.82, 2.24) is 0 Å². The summed E-state index contributed by atoms with van der Waals surface area (Å²) in [5.74, 6) is 0. The van der Waals surface area contributed by atoms with Crippen molar-refractivity contribution in [1.29, 1.82) is 0 Å². The summed E-state index contributed by atoms with van der Waals surface area (Å²) in [5, 5.41) is 0.772. The van der Waals surface area contributed by atoms with Crippen LogP contribution < -0.4 is 5.73 Å². The van der Waals surface area contributed by atoms with E-state index in [-0.39, 0.29) is 0 Å². The van der Waals surface area contributed by atoms with Crippen LogP contribution in [0.1, 0.15) is 18.1 Å². The van der Waals surface area contributed by atoms with Crippen molar-refractivity contribution in [3.63, 3.8) is 0 Å². The number of nitrogens with two attached hydrogens (primary N) is 1. The molecular formula is C12H14ClN. The summed E-state index contributed by atoms with van der Waals surface area (Å²) in [5.41, 5.74) is 8.83. The largest absolute Gasteiger partial charge is 0.405 e. The summed E-state index contributed by atoms with van der Waals surface area (Å²) < 4.78 is 0. The third-order valence-electron chi connectivity index (χ3n) is 2.07. The fourth-order valence-corrected chi connectivity index (χ4v) is 1.59. The third-order valence-corrected chi connectivity index (χ3v) is 2.31. The van der Waals surface area contributed by atoms with E-state index in [1.807, 2.05) is 37.3 Å². The Morgan fingerprint density at radius 1 is 1.43 bits per heavy atom. The molecule has 1 nitrogen and oxygen atoms in total. The molecule has 0 amide bonds. The predicted octanol–water partition coefficient (Wildman–Crippen LogP) is 3.52. The van der Waals surface area contributed by atoms with E-state index in [9.17, 15) is 0 Å². The lowest BCUT2D eigenvalue weighted by atomic mass is 10.0. The first-order chi connectivity index (χ1) is 6.65. The Labute approximate surface area is 89.9 Å². The first-order valence-corrected chi connectivity index (χ1v) is 4.84. The van der Waals surface area contributed by atoms with E-state index in [1.54, 1.807) is 0 Å². The average Bonchev–Trinajstić information content (AvgIpc) is 2.14. The van der Waals surface area contributed by atoms with Gasteiger partial charge in [0.1, 0.15) is 0 Å². The number of hydrogen-bond acceptors (Lipinski definition) is 1. The molecule has 14 heavy (non-hydrogen) atoms. The van der Waals surface area contributed by atoms with Crippen LogP contribution in [0.15, 0.2) is 36.6 Å². The fourth-order valence-electron chi connectivity index (χ4n) is 1.36. The quantitative estimate of drug-likeness (QED) is 0.738. The third kappa shape index (κ3) is 2.64. The minimum Gasteiger partial charge on any atom is -0.405 e. The molecule has 0 spiro atoms. The van der Waals surface area contributed by atoms with Crippen molar-refractivity contribution >= 4 is 17.2 Å². The number of allylic oxidation sites excluding steroid dienone is 3. The minimum absolute atomic E-state index is 0.772. The second kappa shape index (κ2) is 4.87. The van der Waals surface area contributed by atoms with Gasteiger partial charge in [-0.3, -0.25) is 0 Å². The molecule has 74 valence electrons. The number of rotatable bonds is 2. The van der Waals surface area contributed by atoms with Crippen molar-refractivity contribution < 1.29 is 0 Å². The minimum atomic E-state index is 0.772. The van der Waals surface area contributed by atoms with Crippen LogP contribution in [0.5, 0.6) is 0 Å². The summed E-state index contributed by atoms with van der Waals surface area (Å²) in [6, 6.07) is 5.88. The lowest BCUT2D eigenvalue weighted by Gasteiger charge is -2.05. The maximum absolute atomic E-state index is 5.87. The zero-order valence-corrected chi connectivity index (χ0v) is 9.18. The molecule has 0 saturated heterocycles. The molecule has 0 bridgehead atoms. The molecule has 0 aliphatic carbocycles. The van der Waals surface area contributed by atoms with Gasteiger partial charge in [-0.25, -0.2) is 0 Å². The normalized spacial score (nSPS) is 12.4. The Bertz CT molecular complexity index is 378. The summed E-state index contributed by atoms with van der Waals surface area (Å²) in [4.78, 5) is 0. The summed E-state index contributed by atoms with van der Waals surface area (Å²) >= 11 is 5.87. The molecule has 0 atom stereocenters. The highest BCUT2D eigenvalue weighted by atomic mass is 35.5. The molecule has 0 fully saturated rings. The van der Waals surface area contributed by atoms with Crippen LogP contribution in [0.25, 0.3) is 5.57 Å². The first-order valence-electron chi connectivity index (χ1n) is 4.47. The van der Waals surface area contributed by atoms with Gasteiger partial charge in [0.2, 0.25) is 0 Å². The van der Waals surface area contributed by atoms with Crippen molar-refractivity contribution in [3.8, 4) is 0 Å². The number of halogens is 1. The van der Waals surface area contributed by atoms with E-state index in [0.29, 0.717) is 0 Å². The van der Waals surface area contributed by atoms with Crippen LogP contribution >= 0.6 is 11.6 Å². The van der Waals surface area contributed by atoms with Gasteiger partial charge in [-0.2, -0.15) is 0 Å².